The lowest BCUT2D eigenvalue weighted by atomic mass is 10.2. The number of aromatic nitrogens is 1. The fourth-order valence-electron chi connectivity index (χ4n) is 1.66. The van der Waals surface area contributed by atoms with Gasteiger partial charge in [-0.1, -0.05) is 0 Å². The molecule has 0 aliphatic carbocycles. The highest BCUT2D eigenvalue weighted by atomic mass is 32.2. The SMILES string of the molecule is Cc1cn(CCCS(C)(=O)=O)c(C)c1C. The van der Waals surface area contributed by atoms with Gasteiger partial charge in [0.25, 0.3) is 0 Å². The van der Waals surface area contributed by atoms with E-state index in [-0.39, 0.29) is 5.75 Å². The highest BCUT2D eigenvalue weighted by Crippen LogP contribution is 2.14. The minimum Gasteiger partial charge on any atom is -0.351 e. The summed E-state index contributed by atoms with van der Waals surface area (Å²) in [5.74, 6) is 0.267. The Morgan fingerprint density at radius 1 is 1.27 bits per heavy atom. The van der Waals surface area contributed by atoms with Crippen LogP contribution in [0.15, 0.2) is 6.20 Å². The molecule has 86 valence electrons. The van der Waals surface area contributed by atoms with E-state index >= 15 is 0 Å². The first kappa shape index (κ1) is 12.3. The first-order valence-electron chi connectivity index (χ1n) is 5.12. The van der Waals surface area contributed by atoms with Crippen molar-refractivity contribution < 1.29 is 8.42 Å². The van der Waals surface area contributed by atoms with E-state index in [0.717, 1.165) is 6.54 Å². The largest absolute Gasteiger partial charge is 0.351 e. The highest BCUT2D eigenvalue weighted by Gasteiger charge is 2.06. The Labute approximate surface area is 92.0 Å². The van der Waals surface area contributed by atoms with Crippen LogP contribution < -0.4 is 0 Å². The number of nitrogens with zero attached hydrogens (tertiary/aromatic N) is 1. The van der Waals surface area contributed by atoms with E-state index < -0.39 is 9.84 Å². The molecule has 0 bridgehead atoms. The van der Waals surface area contributed by atoms with Crippen molar-refractivity contribution in [3.63, 3.8) is 0 Å². The Morgan fingerprint density at radius 3 is 2.27 bits per heavy atom. The molecule has 0 aliphatic heterocycles. The molecule has 0 N–H and O–H groups in total. The Balaban J connectivity index is 2.63. The van der Waals surface area contributed by atoms with E-state index in [9.17, 15) is 8.42 Å². The molecule has 0 unspecified atom stereocenters. The maximum atomic E-state index is 11.0. The Bertz CT molecular complexity index is 443. The fraction of sp³-hybridized carbons (Fsp3) is 0.636. The lowest BCUT2D eigenvalue weighted by Crippen LogP contribution is -2.07. The van der Waals surface area contributed by atoms with E-state index in [1.165, 1.54) is 23.1 Å². The van der Waals surface area contributed by atoms with Gasteiger partial charge in [0.05, 0.1) is 5.75 Å². The summed E-state index contributed by atoms with van der Waals surface area (Å²) in [6, 6.07) is 0. The molecular weight excluding hydrogens is 210 g/mol. The molecule has 0 aromatic carbocycles. The third-order valence-electron chi connectivity index (χ3n) is 2.83. The fourth-order valence-corrected chi connectivity index (χ4v) is 2.31. The quantitative estimate of drug-likeness (QED) is 0.790. The molecule has 1 rings (SSSR count). The molecule has 1 aromatic heterocycles. The first-order valence-corrected chi connectivity index (χ1v) is 7.18. The van der Waals surface area contributed by atoms with Gasteiger partial charge < -0.3 is 4.57 Å². The minimum absolute atomic E-state index is 0.267. The zero-order chi connectivity index (χ0) is 11.6. The molecule has 3 nitrogen and oxygen atoms in total. The van der Waals surface area contributed by atoms with Crippen LogP contribution in [0.3, 0.4) is 0 Å². The highest BCUT2D eigenvalue weighted by molar-refractivity contribution is 7.90. The van der Waals surface area contributed by atoms with Crippen molar-refractivity contribution in [1.29, 1.82) is 0 Å². The van der Waals surface area contributed by atoms with Gasteiger partial charge in [-0.2, -0.15) is 0 Å². The van der Waals surface area contributed by atoms with Crippen molar-refractivity contribution in [1.82, 2.24) is 4.57 Å². The van der Waals surface area contributed by atoms with Crippen LogP contribution in [0.4, 0.5) is 0 Å². The lowest BCUT2D eigenvalue weighted by Gasteiger charge is -2.05. The number of sulfone groups is 1. The van der Waals surface area contributed by atoms with Gasteiger partial charge in [0.15, 0.2) is 0 Å². The molecule has 0 spiro atoms. The zero-order valence-corrected chi connectivity index (χ0v) is 10.7. The average Bonchev–Trinajstić information content (AvgIpc) is 2.32. The molecule has 1 aromatic rings. The molecule has 0 radical (unpaired) electrons. The van der Waals surface area contributed by atoms with E-state index in [2.05, 4.69) is 31.5 Å². The summed E-state index contributed by atoms with van der Waals surface area (Å²) in [5.41, 5.74) is 3.81. The minimum atomic E-state index is -2.82. The van der Waals surface area contributed by atoms with E-state index in [1.54, 1.807) is 0 Å². The third-order valence-corrected chi connectivity index (χ3v) is 3.86. The maximum Gasteiger partial charge on any atom is 0.147 e. The zero-order valence-electron chi connectivity index (χ0n) is 9.87. The molecule has 0 aliphatic rings. The predicted molar refractivity (Wildman–Crippen MR) is 63.0 cm³/mol. The van der Waals surface area contributed by atoms with Gasteiger partial charge in [-0.15, -0.1) is 0 Å². The van der Waals surface area contributed by atoms with Gasteiger partial charge >= 0.3 is 0 Å². The van der Waals surface area contributed by atoms with Gasteiger partial charge in [0, 0.05) is 24.7 Å². The summed E-state index contributed by atoms with van der Waals surface area (Å²) in [4.78, 5) is 0. The van der Waals surface area contributed by atoms with Crippen molar-refractivity contribution in [2.24, 2.45) is 0 Å². The summed E-state index contributed by atoms with van der Waals surface area (Å²) in [5, 5.41) is 0. The van der Waals surface area contributed by atoms with E-state index in [1.807, 2.05) is 0 Å². The van der Waals surface area contributed by atoms with Crippen LogP contribution in [0.25, 0.3) is 0 Å². The van der Waals surface area contributed by atoms with Crippen molar-refractivity contribution in [3.8, 4) is 0 Å². The van der Waals surface area contributed by atoms with E-state index in [0.29, 0.717) is 6.42 Å². The van der Waals surface area contributed by atoms with Crippen molar-refractivity contribution in [2.45, 2.75) is 33.7 Å². The van der Waals surface area contributed by atoms with Gasteiger partial charge in [-0.05, 0) is 38.3 Å². The summed E-state index contributed by atoms with van der Waals surface area (Å²) in [6.45, 7) is 7.03. The van der Waals surface area contributed by atoms with Crippen LogP contribution in [0, 0.1) is 20.8 Å². The third kappa shape index (κ3) is 3.38. The first-order chi connectivity index (χ1) is 6.81. The molecule has 0 fully saturated rings. The van der Waals surface area contributed by atoms with Gasteiger partial charge in [-0.3, -0.25) is 0 Å². The summed E-state index contributed by atoms with van der Waals surface area (Å²) in [6.07, 6.45) is 4.06. The molecule has 0 atom stereocenters. The molecular formula is C11H19NO2S. The van der Waals surface area contributed by atoms with Crippen LogP contribution in [0.5, 0.6) is 0 Å². The second-order valence-corrected chi connectivity index (χ2v) is 6.46. The average molecular weight is 229 g/mol. The van der Waals surface area contributed by atoms with Crippen molar-refractivity contribution >= 4 is 9.84 Å². The lowest BCUT2D eigenvalue weighted by molar-refractivity contribution is 0.590. The van der Waals surface area contributed by atoms with Crippen molar-refractivity contribution in [3.05, 3.63) is 23.0 Å². The monoisotopic (exact) mass is 229 g/mol. The molecule has 15 heavy (non-hydrogen) atoms. The Morgan fingerprint density at radius 2 is 1.87 bits per heavy atom. The van der Waals surface area contributed by atoms with Crippen LogP contribution >= 0.6 is 0 Å². The number of aryl methyl sites for hydroxylation is 2. The maximum absolute atomic E-state index is 11.0. The standard InChI is InChI=1S/C11H19NO2S/c1-9-8-12(11(3)10(9)2)6-5-7-15(4,13)14/h8H,5-7H2,1-4H3. The predicted octanol–water partition coefficient (Wildman–Crippen LogP) is 1.85. The Kier molecular flexibility index (Phi) is 3.60. The molecule has 1 heterocycles. The van der Waals surface area contributed by atoms with Crippen molar-refractivity contribution in [2.75, 3.05) is 12.0 Å². The number of hydrogen-bond donors (Lipinski definition) is 0. The second kappa shape index (κ2) is 4.39. The van der Waals surface area contributed by atoms with Crippen LogP contribution in [-0.4, -0.2) is 25.0 Å². The van der Waals surface area contributed by atoms with Crippen LogP contribution in [-0.2, 0) is 16.4 Å². The molecule has 4 heteroatoms. The molecule has 0 saturated carbocycles. The van der Waals surface area contributed by atoms with Crippen LogP contribution in [0.1, 0.15) is 23.2 Å². The summed E-state index contributed by atoms with van der Waals surface area (Å²) >= 11 is 0. The summed E-state index contributed by atoms with van der Waals surface area (Å²) < 4.78 is 24.1. The van der Waals surface area contributed by atoms with Crippen LogP contribution in [0.2, 0.25) is 0 Å². The smallest absolute Gasteiger partial charge is 0.147 e. The number of hydrogen-bond acceptors (Lipinski definition) is 2. The summed E-state index contributed by atoms with van der Waals surface area (Å²) in [7, 11) is -2.82. The Hall–Kier alpha value is -0.770. The van der Waals surface area contributed by atoms with Gasteiger partial charge in [-0.25, -0.2) is 8.42 Å². The van der Waals surface area contributed by atoms with E-state index in [4.69, 9.17) is 0 Å². The topological polar surface area (TPSA) is 39.1 Å². The van der Waals surface area contributed by atoms with Gasteiger partial charge in [0.2, 0.25) is 0 Å². The molecule has 0 saturated heterocycles. The normalized spacial score (nSPS) is 12.0. The molecule has 0 amide bonds. The van der Waals surface area contributed by atoms with Gasteiger partial charge in [0.1, 0.15) is 9.84 Å². The number of rotatable bonds is 4. The second-order valence-electron chi connectivity index (χ2n) is 4.20.